The van der Waals surface area contributed by atoms with Crippen LogP contribution in [0.2, 0.25) is 5.02 Å². The molecule has 0 aromatic heterocycles. The van der Waals surface area contributed by atoms with Crippen LogP contribution in [0.5, 0.6) is 0 Å². The molecule has 1 unspecified atom stereocenters. The maximum atomic E-state index is 6.21. The molecule has 0 spiro atoms. The number of benzene rings is 2. The summed E-state index contributed by atoms with van der Waals surface area (Å²) in [6.45, 7) is 0. The Morgan fingerprint density at radius 2 is 1.83 bits per heavy atom. The molecular formula is C14H12BrClIN. The minimum atomic E-state index is -0.0272. The second-order valence-corrected chi connectivity index (χ2v) is 6.67. The van der Waals surface area contributed by atoms with E-state index in [0.717, 1.165) is 27.0 Å². The van der Waals surface area contributed by atoms with Gasteiger partial charge in [-0.1, -0.05) is 45.7 Å². The number of halogens is 3. The van der Waals surface area contributed by atoms with Gasteiger partial charge in [-0.05, 0) is 64.4 Å². The molecule has 2 N–H and O–H groups in total. The molecule has 0 saturated heterocycles. The van der Waals surface area contributed by atoms with Gasteiger partial charge < -0.3 is 5.73 Å². The van der Waals surface area contributed by atoms with Gasteiger partial charge in [0.05, 0.1) is 0 Å². The molecule has 0 aliphatic rings. The van der Waals surface area contributed by atoms with E-state index in [9.17, 15) is 0 Å². The maximum absolute atomic E-state index is 6.21. The summed E-state index contributed by atoms with van der Waals surface area (Å²) in [4.78, 5) is 0. The van der Waals surface area contributed by atoms with Crippen molar-refractivity contribution in [3.05, 3.63) is 66.7 Å². The zero-order chi connectivity index (χ0) is 13.1. The fraction of sp³-hybridized carbons (Fsp3) is 0.143. The average Bonchev–Trinajstić information content (AvgIpc) is 2.33. The van der Waals surface area contributed by atoms with Crippen LogP contribution >= 0.6 is 50.1 Å². The molecule has 1 atom stereocenters. The van der Waals surface area contributed by atoms with Gasteiger partial charge in [0.15, 0.2) is 0 Å². The van der Waals surface area contributed by atoms with Crippen molar-refractivity contribution in [3.8, 4) is 0 Å². The summed E-state index contributed by atoms with van der Waals surface area (Å²) < 4.78 is 2.20. The predicted octanol–water partition coefficient (Wildman–Crippen LogP) is 4.95. The smallest absolute Gasteiger partial charge is 0.0449 e. The van der Waals surface area contributed by atoms with Crippen molar-refractivity contribution in [2.24, 2.45) is 5.73 Å². The van der Waals surface area contributed by atoms with E-state index in [1.54, 1.807) is 0 Å². The predicted molar refractivity (Wildman–Crippen MR) is 88.9 cm³/mol. The van der Waals surface area contributed by atoms with Crippen LogP contribution in [-0.4, -0.2) is 0 Å². The molecule has 18 heavy (non-hydrogen) atoms. The van der Waals surface area contributed by atoms with E-state index in [1.165, 1.54) is 3.57 Å². The SMILES string of the molecule is NC(Cc1ccc(Br)cc1Cl)c1ccc(I)cc1. The monoisotopic (exact) mass is 435 g/mol. The lowest BCUT2D eigenvalue weighted by molar-refractivity contribution is 0.722. The Balaban J connectivity index is 2.15. The van der Waals surface area contributed by atoms with Crippen LogP contribution in [0.4, 0.5) is 0 Å². The first-order chi connectivity index (χ1) is 8.56. The van der Waals surface area contributed by atoms with Gasteiger partial charge in [-0.25, -0.2) is 0 Å². The zero-order valence-electron chi connectivity index (χ0n) is 9.54. The molecule has 2 aromatic rings. The number of hydrogen-bond donors (Lipinski definition) is 1. The van der Waals surface area contributed by atoms with E-state index >= 15 is 0 Å². The second-order valence-electron chi connectivity index (χ2n) is 4.10. The van der Waals surface area contributed by atoms with Gasteiger partial charge >= 0.3 is 0 Å². The van der Waals surface area contributed by atoms with Gasteiger partial charge in [0, 0.05) is 19.1 Å². The van der Waals surface area contributed by atoms with E-state index in [1.807, 2.05) is 18.2 Å². The molecule has 4 heteroatoms. The summed E-state index contributed by atoms with van der Waals surface area (Å²) in [5.74, 6) is 0. The molecule has 0 saturated carbocycles. The molecule has 0 fully saturated rings. The minimum absolute atomic E-state index is 0.0272. The second kappa shape index (κ2) is 6.37. The first-order valence-electron chi connectivity index (χ1n) is 5.51. The van der Waals surface area contributed by atoms with Crippen LogP contribution in [0.1, 0.15) is 17.2 Å². The van der Waals surface area contributed by atoms with Crippen LogP contribution in [0.15, 0.2) is 46.9 Å². The molecule has 1 nitrogen and oxygen atoms in total. The van der Waals surface area contributed by atoms with Gasteiger partial charge in [-0.2, -0.15) is 0 Å². The molecule has 0 aliphatic heterocycles. The van der Waals surface area contributed by atoms with Crippen molar-refractivity contribution in [2.75, 3.05) is 0 Å². The Kier molecular flexibility index (Phi) is 5.06. The van der Waals surface area contributed by atoms with Crippen molar-refractivity contribution in [1.82, 2.24) is 0 Å². The van der Waals surface area contributed by atoms with Gasteiger partial charge in [-0.15, -0.1) is 0 Å². The lowest BCUT2D eigenvalue weighted by Crippen LogP contribution is -2.13. The number of rotatable bonds is 3. The lowest BCUT2D eigenvalue weighted by Gasteiger charge is -2.13. The van der Waals surface area contributed by atoms with E-state index < -0.39 is 0 Å². The molecule has 0 heterocycles. The average molecular weight is 437 g/mol. The standard InChI is InChI=1S/C14H12BrClIN/c15-11-4-1-10(13(16)8-11)7-14(18)9-2-5-12(17)6-3-9/h1-6,8,14H,7,18H2. The molecular weight excluding hydrogens is 424 g/mol. The lowest BCUT2D eigenvalue weighted by atomic mass is 10.00. The third kappa shape index (κ3) is 3.70. The van der Waals surface area contributed by atoms with Crippen LogP contribution in [-0.2, 0) is 6.42 Å². The van der Waals surface area contributed by atoms with Gasteiger partial charge in [0.2, 0.25) is 0 Å². The Hall–Kier alpha value is -0.100. The summed E-state index contributed by atoms with van der Waals surface area (Å²) >= 11 is 11.9. The van der Waals surface area contributed by atoms with Crippen molar-refractivity contribution in [1.29, 1.82) is 0 Å². The topological polar surface area (TPSA) is 26.0 Å². The molecule has 0 amide bonds. The van der Waals surface area contributed by atoms with Gasteiger partial charge in [-0.3, -0.25) is 0 Å². The highest BCUT2D eigenvalue weighted by atomic mass is 127. The Morgan fingerprint density at radius 3 is 2.44 bits per heavy atom. The fourth-order valence-corrected chi connectivity index (χ4v) is 2.86. The summed E-state index contributed by atoms with van der Waals surface area (Å²) in [6.07, 6.45) is 0.743. The van der Waals surface area contributed by atoms with Crippen molar-refractivity contribution >= 4 is 50.1 Å². The first-order valence-corrected chi connectivity index (χ1v) is 7.76. The normalized spacial score (nSPS) is 12.4. The third-order valence-corrected chi connectivity index (χ3v) is 4.32. The van der Waals surface area contributed by atoms with Crippen molar-refractivity contribution < 1.29 is 0 Å². The Labute approximate surface area is 134 Å². The molecule has 0 radical (unpaired) electrons. The van der Waals surface area contributed by atoms with Crippen LogP contribution in [0.25, 0.3) is 0 Å². The quantitative estimate of drug-likeness (QED) is 0.677. The largest absolute Gasteiger partial charge is 0.324 e. The first kappa shape index (κ1) is 14.3. The number of nitrogens with two attached hydrogens (primary N) is 1. The van der Waals surface area contributed by atoms with Crippen molar-refractivity contribution in [2.45, 2.75) is 12.5 Å². The van der Waals surface area contributed by atoms with E-state index in [-0.39, 0.29) is 6.04 Å². The molecule has 94 valence electrons. The highest BCUT2D eigenvalue weighted by molar-refractivity contribution is 14.1. The van der Waals surface area contributed by atoms with Crippen LogP contribution in [0.3, 0.4) is 0 Å². The fourth-order valence-electron chi connectivity index (χ4n) is 1.75. The zero-order valence-corrected chi connectivity index (χ0v) is 14.0. The summed E-state index contributed by atoms with van der Waals surface area (Å²) in [5.41, 5.74) is 8.42. The third-order valence-electron chi connectivity index (χ3n) is 2.75. The summed E-state index contributed by atoms with van der Waals surface area (Å²) in [5, 5.41) is 0.755. The molecule has 2 aromatic carbocycles. The Morgan fingerprint density at radius 1 is 1.17 bits per heavy atom. The van der Waals surface area contributed by atoms with E-state index in [2.05, 4.69) is 62.8 Å². The minimum Gasteiger partial charge on any atom is -0.324 e. The summed E-state index contributed by atoms with van der Waals surface area (Å²) in [6, 6.07) is 14.1. The van der Waals surface area contributed by atoms with Gasteiger partial charge in [0.1, 0.15) is 0 Å². The van der Waals surface area contributed by atoms with E-state index in [0.29, 0.717) is 0 Å². The highest BCUT2D eigenvalue weighted by Gasteiger charge is 2.09. The molecule has 0 bridgehead atoms. The van der Waals surface area contributed by atoms with Gasteiger partial charge in [0.25, 0.3) is 0 Å². The van der Waals surface area contributed by atoms with Crippen LogP contribution < -0.4 is 5.73 Å². The van der Waals surface area contributed by atoms with Crippen molar-refractivity contribution in [3.63, 3.8) is 0 Å². The highest BCUT2D eigenvalue weighted by Crippen LogP contribution is 2.25. The summed E-state index contributed by atoms with van der Waals surface area (Å²) in [7, 11) is 0. The molecule has 0 aliphatic carbocycles. The number of hydrogen-bond acceptors (Lipinski definition) is 1. The Bertz CT molecular complexity index is 542. The van der Waals surface area contributed by atoms with E-state index in [4.69, 9.17) is 17.3 Å². The maximum Gasteiger partial charge on any atom is 0.0449 e. The van der Waals surface area contributed by atoms with Crippen LogP contribution in [0, 0.1) is 3.57 Å². The molecule has 2 rings (SSSR count).